The van der Waals surface area contributed by atoms with E-state index in [0.717, 1.165) is 56.3 Å². The minimum atomic E-state index is -0.114. The lowest BCUT2D eigenvalue weighted by Crippen LogP contribution is -2.50. The number of nitrogens with one attached hydrogen (secondary N) is 2. The van der Waals surface area contributed by atoms with Crippen LogP contribution in [0.3, 0.4) is 0 Å². The molecule has 0 radical (unpaired) electrons. The van der Waals surface area contributed by atoms with Crippen LogP contribution < -0.4 is 10.6 Å². The fourth-order valence-corrected chi connectivity index (χ4v) is 5.85. The molecule has 1 amide bonds. The largest absolute Gasteiger partial charge is 0.412 e. The standard InChI is InChI=1S/C26H33N3O2.2H2O/c30-22-15-8-3-1-2-7-13-19(22)24-20-17-29(18-11-5-4-6-12-18)26(31)23(20)25(28-24)21-14-9-10-16-27-21;;/h1-3,8-9,11,14,20-21,23,25,27-28H,4-7,10,12-13,15-17H2;2*1H2/b2-1-,8-3-,24-19-;;. The summed E-state index contributed by atoms with van der Waals surface area (Å²) >= 11 is 0. The third-order valence-electron chi connectivity index (χ3n) is 7.39. The van der Waals surface area contributed by atoms with Gasteiger partial charge in [-0.25, -0.2) is 0 Å². The number of nitrogens with zero attached hydrogens (tertiary/aromatic N) is 1. The maximum Gasteiger partial charge on any atom is 0.232 e. The molecule has 0 bridgehead atoms. The summed E-state index contributed by atoms with van der Waals surface area (Å²) in [4.78, 5) is 28.9. The Hall–Kier alpha value is -2.48. The van der Waals surface area contributed by atoms with E-state index < -0.39 is 0 Å². The van der Waals surface area contributed by atoms with Crippen molar-refractivity contribution in [1.29, 1.82) is 0 Å². The van der Waals surface area contributed by atoms with Crippen molar-refractivity contribution in [1.82, 2.24) is 15.5 Å². The molecule has 33 heavy (non-hydrogen) atoms. The highest BCUT2D eigenvalue weighted by Crippen LogP contribution is 2.44. The highest BCUT2D eigenvalue weighted by molar-refractivity contribution is 5.98. The van der Waals surface area contributed by atoms with Crippen LogP contribution in [0.25, 0.3) is 0 Å². The first-order valence-electron chi connectivity index (χ1n) is 12.0. The van der Waals surface area contributed by atoms with Gasteiger partial charge in [0.2, 0.25) is 5.91 Å². The quantitative estimate of drug-likeness (QED) is 0.487. The summed E-state index contributed by atoms with van der Waals surface area (Å²) in [5, 5.41) is 7.31. The number of Topliss-reactive ketones (excluding diaryl/α,β-unsaturated/α-hetero) is 1. The molecule has 0 aromatic carbocycles. The van der Waals surface area contributed by atoms with Crippen LogP contribution in [0.2, 0.25) is 0 Å². The summed E-state index contributed by atoms with van der Waals surface area (Å²) < 4.78 is 0. The molecule has 5 aliphatic rings. The van der Waals surface area contributed by atoms with Crippen molar-refractivity contribution < 1.29 is 20.5 Å². The maximum atomic E-state index is 13.7. The molecule has 0 aromatic heterocycles. The second-order valence-corrected chi connectivity index (χ2v) is 9.30. The van der Waals surface area contributed by atoms with Crippen LogP contribution in [0, 0.1) is 11.8 Å². The number of allylic oxidation sites excluding steroid dienone is 7. The molecule has 5 rings (SSSR count). The molecule has 180 valence electrons. The number of ketones is 1. The first kappa shape index (κ1) is 25.1. The van der Waals surface area contributed by atoms with E-state index in [2.05, 4.69) is 39.8 Å². The van der Waals surface area contributed by atoms with Crippen LogP contribution >= 0.6 is 0 Å². The van der Waals surface area contributed by atoms with Gasteiger partial charge >= 0.3 is 0 Å². The van der Waals surface area contributed by atoms with Crippen molar-refractivity contribution in [2.24, 2.45) is 11.8 Å². The van der Waals surface area contributed by atoms with Crippen LogP contribution in [0.5, 0.6) is 0 Å². The molecule has 4 atom stereocenters. The molecule has 3 heterocycles. The molecule has 3 aliphatic heterocycles. The molecular weight excluding hydrogens is 418 g/mol. The molecular formula is C26H37N3O4. The number of hydrogen-bond donors (Lipinski definition) is 2. The van der Waals surface area contributed by atoms with E-state index in [1.54, 1.807) is 0 Å². The zero-order valence-corrected chi connectivity index (χ0v) is 19.2. The van der Waals surface area contributed by atoms with E-state index in [1.165, 1.54) is 12.1 Å². The summed E-state index contributed by atoms with van der Waals surface area (Å²) in [5.41, 5.74) is 3.14. The number of likely N-dealkylation sites (tertiary alicyclic amines) is 1. The molecule has 7 nitrogen and oxygen atoms in total. The molecule has 0 spiro atoms. The average Bonchev–Trinajstić information content (AvgIpc) is 3.36. The second-order valence-electron chi connectivity index (χ2n) is 9.30. The van der Waals surface area contributed by atoms with Gasteiger partial charge in [0, 0.05) is 41.9 Å². The molecule has 2 saturated heterocycles. The number of fused-ring (bicyclic) bond motifs is 1. The Morgan fingerprint density at radius 3 is 2.55 bits per heavy atom. The van der Waals surface area contributed by atoms with Crippen LogP contribution in [0.4, 0.5) is 0 Å². The van der Waals surface area contributed by atoms with E-state index in [4.69, 9.17) is 0 Å². The number of rotatable bonds is 2. The second kappa shape index (κ2) is 11.1. The first-order valence-corrected chi connectivity index (χ1v) is 12.0. The number of carbonyl (C=O) groups excluding carboxylic acids is 2. The van der Waals surface area contributed by atoms with Gasteiger partial charge in [0.25, 0.3) is 0 Å². The third kappa shape index (κ3) is 4.90. The van der Waals surface area contributed by atoms with Gasteiger partial charge in [-0.2, -0.15) is 0 Å². The lowest BCUT2D eigenvalue weighted by molar-refractivity contribution is -0.130. The molecule has 7 heteroatoms. The van der Waals surface area contributed by atoms with E-state index >= 15 is 0 Å². The Bertz CT molecular complexity index is 901. The third-order valence-corrected chi connectivity index (χ3v) is 7.39. The Morgan fingerprint density at radius 1 is 0.939 bits per heavy atom. The summed E-state index contributed by atoms with van der Waals surface area (Å²) in [6.07, 6.45) is 22.2. The SMILES string of the molecule is O.O.O=C1C/C=C\C=C/CC/C1=C1/NC(C2C=CCCN2)C2C(=O)N(C3=CCCCC3)CC12. The highest BCUT2D eigenvalue weighted by atomic mass is 16.2. The fraction of sp³-hybridized carbons (Fsp3) is 0.538. The van der Waals surface area contributed by atoms with E-state index in [1.807, 2.05) is 18.2 Å². The first-order chi connectivity index (χ1) is 15.2. The molecule has 0 saturated carbocycles. The Labute approximate surface area is 196 Å². The number of hydrogen-bond acceptors (Lipinski definition) is 4. The smallest absolute Gasteiger partial charge is 0.232 e. The molecule has 4 unspecified atom stereocenters. The number of amides is 1. The van der Waals surface area contributed by atoms with Gasteiger partial charge in [0.1, 0.15) is 0 Å². The topological polar surface area (TPSA) is 124 Å². The van der Waals surface area contributed by atoms with Crippen LogP contribution in [0.15, 0.2) is 59.5 Å². The maximum absolute atomic E-state index is 13.7. The van der Waals surface area contributed by atoms with Gasteiger partial charge in [-0.05, 0) is 51.5 Å². The lowest BCUT2D eigenvalue weighted by Gasteiger charge is -2.30. The van der Waals surface area contributed by atoms with Crippen molar-refractivity contribution in [2.75, 3.05) is 13.1 Å². The Kier molecular flexibility index (Phi) is 8.46. The predicted octanol–water partition coefficient (Wildman–Crippen LogP) is 1.88. The summed E-state index contributed by atoms with van der Waals surface area (Å²) in [5.74, 6) is 0.390. The minimum Gasteiger partial charge on any atom is -0.412 e. The van der Waals surface area contributed by atoms with Crippen molar-refractivity contribution in [2.45, 2.75) is 63.5 Å². The van der Waals surface area contributed by atoms with E-state index in [9.17, 15) is 9.59 Å². The van der Waals surface area contributed by atoms with Crippen molar-refractivity contribution in [3.8, 4) is 0 Å². The van der Waals surface area contributed by atoms with Crippen molar-refractivity contribution in [3.63, 3.8) is 0 Å². The van der Waals surface area contributed by atoms with E-state index in [0.29, 0.717) is 13.0 Å². The normalized spacial score (nSPS) is 35.8. The van der Waals surface area contributed by atoms with Gasteiger partial charge in [0.05, 0.1) is 12.0 Å². The minimum absolute atomic E-state index is 0. The van der Waals surface area contributed by atoms with Crippen LogP contribution in [0.1, 0.15) is 51.4 Å². The van der Waals surface area contributed by atoms with Gasteiger partial charge < -0.3 is 26.5 Å². The monoisotopic (exact) mass is 455 g/mol. The predicted molar refractivity (Wildman–Crippen MR) is 129 cm³/mol. The van der Waals surface area contributed by atoms with Gasteiger partial charge in [-0.15, -0.1) is 0 Å². The molecule has 2 fully saturated rings. The zero-order chi connectivity index (χ0) is 21.2. The molecule has 0 aromatic rings. The van der Waals surface area contributed by atoms with Crippen LogP contribution in [-0.2, 0) is 9.59 Å². The molecule has 2 aliphatic carbocycles. The average molecular weight is 456 g/mol. The fourth-order valence-electron chi connectivity index (χ4n) is 5.85. The summed E-state index contributed by atoms with van der Waals surface area (Å²) in [7, 11) is 0. The van der Waals surface area contributed by atoms with Crippen molar-refractivity contribution >= 4 is 11.7 Å². The lowest BCUT2D eigenvalue weighted by atomic mass is 9.85. The van der Waals surface area contributed by atoms with Gasteiger partial charge in [0.15, 0.2) is 5.78 Å². The summed E-state index contributed by atoms with van der Waals surface area (Å²) in [6.45, 7) is 1.63. The Morgan fingerprint density at radius 2 is 1.79 bits per heavy atom. The van der Waals surface area contributed by atoms with Crippen LogP contribution in [-0.4, -0.2) is 52.7 Å². The van der Waals surface area contributed by atoms with E-state index in [-0.39, 0.29) is 46.6 Å². The summed E-state index contributed by atoms with van der Waals surface area (Å²) in [6, 6.07) is 0.118. The zero-order valence-electron chi connectivity index (χ0n) is 19.2. The Balaban J connectivity index is 0.00000153. The molecule has 6 N–H and O–H groups in total. The highest BCUT2D eigenvalue weighted by Gasteiger charge is 2.54. The number of carbonyl (C=O) groups is 2. The van der Waals surface area contributed by atoms with Gasteiger partial charge in [-0.3, -0.25) is 9.59 Å². The van der Waals surface area contributed by atoms with Gasteiger partial charge in [-0.1, -0.05) is 42.5 Å². The van der Waals surface area contributed by atoms with Crippen molar-refractivity contribution in [3.05, 3.63) is 59.5 Å².